The first-order valence-corrected chi connectivity index (χ1v) is 2.17. The Bertz CT molecular complexity index is 172. The lowest BCUT2D eigenvalue weighted by atomic mass is 10.4. The predicted molar refractivity (Wildman–Crippen MR) is 26.1 cm³/mol. The van der Waals surface area contributed by atoms with Crippen LogP contribution in [0.15, 0.2) is 10.8 Å². The summed E-state index contributed by atoms with van der Waals surface area (Å²) < 4.78 is 4.36. The molecule has 0 saturated carbocycles. The largest absolute Gasteiger partial charge is 0.491 e. The first-order valence-electron chi connectivity index (χ1n) is 2.17. The van der Waals surface area contributed by atoms with Gasteiger partial charge in [0.25, 0.3) is 5.88 Å². The van der Waals surface area contributed by atoms with Gasteiger partial charge in [0.05, 0.1) is 5.56 Å². The zero-order chi connectivity index (χ0) is 5.98. The third-order valence-electron chi connectivity index (χ3n) is 0.841. The quantitative estimate of drug-likeness (QED) is 0.532. The molecule has 1 rings (SSSR count). The van der Waals surface area contributed by atoms with Gasteiger partial charge in [-0.05, 0) is 5.16 Å². The Kier molecular flexibility index (Phi) is 1.17. The van der Waals surface area contributed by atoms with Crippen LogP contribution in [0.2, 0.25) is 0 Å². The molecule has 0 aliphatic carbocycles. The van der Waals surface area contributed by atoms with Crippen molar-refractivity contribution in [2.24, 2.45) is 5.73 Å². The second-order valence-electron chi connectivity index (χ2n) is 1.37. The Balaban J connectivity index is 2.92. The highest BCUT2D eigenvalue weighted by molar-refractivity contribution is 5.17. The molecule has 4 heteroatoms. The standard InChI is InChI=1S/C4H6N2O2/c5-1-3-2-8-6-4(3)7/h2H,1,5H2,(H,6,7). The fourth-order valence-corrected chi connectivity index (χ4v) is 0.391. The highest BCUT2D eigenvalue weighted by Gasteiger charge is 2.00. The monoisotopic (exact) mass is 114 g/mol. The summed E-state index contributed by atoms with van der Waals surface area (Å²) in [4.78, 5) is 0. The molecule has 8 heavy (non-hydrogen) atoms. The summed E-state index contributed by atoms with van der Waals surface area (Å²) in [5.74, 6) is -0.118. The van der Waals surface area contributed by atoms with E-state index in [2.05, 4.69) is 9.68 Å². The van der Waals surface area contributed by atoms with Gasteiger partial charge in [-0.3, -0.25) is 0 Å². The molecule has 0 aromatic carbocycles. The Hall–Kier alpha value is -1.03. The van der Waals surface area contributed by atoms with Crippen molar-refractivity contribution in [2.75, 3.05) is 0 Å². The molecule has 0 spiro atoms. The van der Waals surface area contributed by atoms with Gasteiger partial charge in [-0.2, -0.15) is 0 Å². The van der Waals surface area contributed by atoms with Crippen molar-refractivity contribution in [3.63, 3.8) is 0 Å². The van der Waals surface area contributed by atoms with E-state index in [4.69, 9.17) is 10.8 Å². The van der Waals surface area contributed by atoms with Gasteiger partial charge in [0.15, 0.2) is 0 Å². The van der Waals surface area contributed by atoms with Crippen LogP contribution in [0.4, 0.5) is 0 Å². The lowest BCUT2D eigenvalue weighted by molar-refractivity contribution is 0.359. The van der Waals surface area contributed by atoms with Crippen LogP contribution in [0.5, 0.6) is 5.88 Å². The molecular weight excluding hydrogens is 108 g/mol. The average Bonchev–Trinajstić information content (AvgIpc) is 2.14. The van der Waals surface area contributed by atoms with E-state index < -0.39 is 0 Å². The van der Waals surface area contributed by atoms with Gasteiger partial charge in [-0.25, -0.2) is 0 Å². The molecule has 0 radical (unpaired) electrons. The highest BCUT2D eigenvalue weighted by atomic mass is 16.5. The fourth-order valence-electron chi connectivity index (χ4n) is 0.391. The van der Waals surface area contributed by atoms with Crippen LogP contribution in [0.1, 0.15) is 5.56 Å². The fraction of sp³-hybridized carbons (Fsp3) is 0.250. The van der Waals surface area contributed by atoms with Gasteiger partial charge >= 0.3 is 0 Å². The smallest absolute Gasteiger partial charge is 0.256 e. The molecule has 0 saturated heterocycles. The number of nitrogens with zero attached hydrogens (tertiary/aromatic N) is 1. The Morgan fingerprint density at radius 1 is 1.88 bits per heavy atom. The van der Waals surface area contributed by atoms with E-state index in [1.807, 2.05) is 0 Å². The number of nitrogens with two attached hydrogens (primary N) is 1. The van der Waals surface area contributed by atoms with Crippen molar-refractivity contribution in [1.29, 1.82) is 0 Å². The third kappa shape index (κ3) is 0.651. The zero-order valence-electron chi connectivity index (χ0n) is 4.16. The molecule has 0 bridgehead atoms. The number of hydrogen-bond donors (Lipinski definition) is 2. The summed E-state index contributed by atoms with van der Waals surface area (Å²) >= 11 is 0. The molecule has 4 nitrogen and oxygen atoms in total. The molecule has 0 aliphatic rings. The van der Waals surface area contributed by atoms with Crippen molar-refractivity contribution in [3.05, 3.63) is 11.8 Å². The van der Waals surface area contributed by atoms with E-state index in [9.17, 15) is 0 Å². The van der Waals surface area contributed by atoms with Crippen molar-refractivity contribution in [2.45, 2.75) is 6.54 Å². The molecular formula is C4H6N2O2. The lowest BCUT2D eigenvalue weighted by Gasteiger charge is -1.82. The molecule has 44 valence electrons. The van der Waals surface area contributed by atoms with E-state index in [0.717, 1.165) is 0 Å². The summed E-state index contributed by atoms with van der Waals surface area (Å²) in [7, 11) is 0. The van der Waals surface area contributed by atoms with E-state index in [0.29, 0.717) is 5.56 Å². The molecule has 1 aromatic heterocycles. The maximum Gasteiger partial charge on any atom is 0.256 e. The first-order chi connectivity index (χ1) is 3.84. The molecule has 0 unspecified atom stereocenters. The van der Waals surface area contributed by atoms with Crippen LogP contribution in [-0.2, 0) is 6.54 Å². The van der Waals surface area contributed by atoms with E-state index >= 15 is 0 Å². The Labute approximate surface area is 45.9 Å². The maximum absolute atomic E-state index is 8.67. The summed E-state index contributed by atoms with van der Waals surface area (Å²) in [6.07, 6.45) is 1.31. The van der Waals surface area contributed by atoms with Crippen LogP contribution >= 0.6 is 0 Å². The van der Waals surface area contributed by atoms with Gasteiger partial charge in [0.2, 0.25) is 0 Å². The minimum atomic E-state index is -0.118. The molecule has 1 aromatic rings. The van der Waals surface area contributed by atoms with Crippen LogP contribution in [0.3, 0.4) is 0 Å². The number of rotatable bonds is 1. The second-order valence-corrected chi connectivity index (χ2v) is 1.37. The molecule has 0 aliphatic heterocycles. The summed E-state index contributed by atoms with van der Waals surface area (Å²) in [5, 5.41) is 11.9. The molecule has 1 heterocycles. The second kappa shape index (κ2) is 1.83. The topological polar surface area (TPSA) is 72.3 Å². The number of aromatic nitrogens is 1. The highest BCUT2D eigenvalue weighted by Crippen LogP contribution is 2.10. The zero-order valence-corrected chi connectivity index (χ0v) is 4.16. The van der Waals surface area contributed by atoms with Gasteiger partial charge in [0.1, 0.15) is 6.26 Å². The van der Waals surface area contributed by atoms with Crippen molar-refractivity contribution < 1.29 is 9.63 Å². The maximum atomic E-state index is 8.67. The molecule has 0 atom stereocenters. The Morgan fingerprint density at radius 2 is 2.62 bits per heavy atom. The normalized spacial score (nSPS) is 9.62. The van der Waals surface area contributed by atoms with Crippen molar-refractivity contribution >= 4 is 0 Å². The van der Waals surface area contributed by atoms with E-state index in [1.165, 1.54) is 6.26 Å². The number of aromatic hydroxyl groups is 1. The minimum absolute atomic E-state index is 0.118. The van der Waals surface area contributed by atoms with E-state index in [-0.39, 0.29) is 12.4 Å². The average molecular weight is 114 g/mol. The molecule has 0 amide bonds. The first kappa shape index (κ1) is 5.11. The summed E-state index contributed by atoms with van der Waals surface area (Å²) in [5.41, 5.74) is 5.67. The van der Waals surface area contributed by atoms with Crippen LogP contribution in [0.25, 0.3) is 0 Å². The SMILES string of the molecule is NCc1conc1O. The van der Waals surface area contributed by atoms with Crippen LogP contribution in [0, 0.1) is 0 Å². The van der Waals surface area contributed by atoms with Gasteiger partial charge in [-0.1, -0.05) is 0 Å². The van der Waals surface area contributed by atoms with Crippen molar-refractivity contribution in [3.8, 4) is 5.88 Å². The minimum Gasteiger partial charge on any atom is -0.491 e. The van der Waals surface area contributed by atoms with Crippen LogP contribution in [-0.4, -0.2) is 10.3 Å². The third-order valence-corrected chi connectivity index (χ3v) is 0.841. The summed E-state index contributed by atoms with van der Waals surface area (Å²) in [6, 6.07) is 0. The van der Waals surface area contributed by atoms with E-state index in [1.54, 1.807) is 0 Å². The predicted octanol–water partition coefficient (Wildman–Crippen LogP) is -0.161. The van der Waals surface area contributed by atoms with Crippen molar-refractivity contribution in [1.82, 2.24) is 5.16 Å². The summed E-state index contributed by atoms with van der Waals surface area (Å²) in [6.45, 7) is 0.259. The van der Waals surface area contributed by atoms with Crippen LogP contribution < -0.4 is 5.73 Å². The number of hydrogen-bond acceptors (Lipinski definition) is 4. The molecule has 0 fully saturated rings. The van der Waals surface area contributed by atoms with Gasteiger partial charge < -0.3 is 15.4 Å². The Morgan fingerprint density at radius 3 is 2.88 bits per heavy atom. The lowest BCUT2D eigenvalue weighted by Crippen LogP contribution is -1.93. The van der Waals surface area contributed by atoms with Gasteiger partial charge in [-0.15, -0.1) is 0 Å². The van der Waals surface area contributed by atoms with Gasteiger partial charge in [0, 0.05) is 6.54 Å². The molecule has 3 N–H and O–H groups in total.